The van der Waals surface area contributed by atoms with Crippen LogP contribution in [0.5, 0.6) is 0 Å². The number of carboxylic acids is 1. The molecule has 0 amide bonds. The summed E-state index contributed by atoms with van der Waals surface area (Å²) in [5.41, 5.74) is -0.862. The maximum Gasteiger partial charge on any atom is 0.316 e. The lowest BCUT2D eigenvalue weighted by Crippen LogP contribution is -2.28. The van der Waals surface area contributed by atoms with Crippen LogP contribution in [0.25, 0.3) is 0 Å². The highest BCUT2D eigenvalue weighted by Gasteiger charge is 2.32. The van der Waals surface area contributed by atoms with E-state index in [1.165, 1.54) is 11.3 Å². The van der Waals surface area contributed by atoms with Crippen LogP contribution in [0.3, 0.4) is 0 Å². The summed E-state index contributed by atoms with van der Waals surface area (Å²) in [5.74, 6) is -0.836. The highest BCUT2D eigenvalue weighted by atomic mass is 32.1. The minimum Gasteiger partial charge on any atom is -0.481 e. The molecule has 0 saturated carbocycles. The van der Waals surface area contributed by atoms with Gasteiger partial charge in [0.2, 0.25) is 0 Å². The van der Waals surface area contributed by atoms with Crippen LogP contribution in [0.1, 0.15) is 23.7 Å². The molecule has 0 aromatic carbocycles. The summed E-state index contributed by atoms with van der Waals surface area (Å²) in [5, 5.41) is 9.53. The van der Waals surface area contributed by atoms with Gasteiger partial charge in [0, 0.05) is 11.1 Å². The van der Waals surface area contributed by atoms with Gasteiger partial charge >= 0.3 is 5.97 Å². The second kappa shape index (κ2) is 2.86. The number of thiazole rings is 1. The van der Waals surface area contributed by atoms with Crippen molar-refractivity contribution >= 4 is 17.3 Å². The van der Waals surface area contributed by atoms with E-state index in [-0.39, 0.29) is 0 Å². The Labute approximate surface area is 75.1 Å². The zero-order chi connectivity index (χ0) is 9.35. The maximum atomic E-state index is 10.8. The van der Waals surface area contributed by atoms with E-state index >= 15 is 0 Å². The van der Waals surface area contributed by atoms with Gasteiger partial charge in [-0.25, -0.2) is 4.98 Å². The Morgan fingerprint density at radius 2 is 2.25 bits per heavy atom. The number of aliphatic carboxylic acids is 1. The third kappa shape index (κ3) is 1.48. The highest BCUT2D eigenvalue weighted by Crippen LogP contribution is 2.27. The van der Waals surface area contributed by atoms with Gasteiger partial charge in [-0.2, -0.15) is 0 Å². The predicted molar refractivity (Wildman–Crippen MR) is 47.5 cm³/mol. The molecule has 4 heteroatoms. The molecule has 0 radical (unpaired) electrons. The van der Waals surface area contributed by atoms with Crippen LogP contribution in [0.4, 0.5) is 0 Å². The van der Waals surface area contributed by atoms with Crippen molar-refractivity contribution in [2.45, 2.75) is 26.2 Å². The van der Waals surface area contributed by atoms with E-state index in [2.05, 4.69) is 4.98 Å². The van der Waals surface area contributed by atoms with E-state index < -0.39 is 11.4 Å². The van der Waals surface area contributed by atoms with E-state index in [0.29, 0.717) is 5.01 Å². The fourth-order valence-electron chi connectivity index (χ4n) is 0.735. The molecule has 12 heavy (non-hydrogen) atoms. The number of aromatic nitrogens is 1. The van der Waals surface area contributed by atoms with Gasteiger partial charge < -0.3 is 5.11 Å². The number of carboxylic acid groups (broad SMARTS) is 1. The fourth-order valence-corrected chi connectivity index (χ4v) is 1.59. The first-order valence-electron chi connectivity index (χ1n) is 3.61. The van der Waals surface area contributed by atoms with Crippen LogP contribution in [0.15, 0.2) is 6.20 Å². The topological polar surface area (TPSA) is 50.2 Å². The standard InChI is InChI=1S/C8H11NO2S/c1-5-4-9-6(12-5)8(2,3)7(10)11/h4H,1-3H3,(H,10,11). The molecule has 0 unspecified atom stereocenters. The van der Waals surface area contributed by atoms with Gasteiger partial charge in [0.05, 0.1) is 0 Å². The summed E-state index contributed by atoms with van der Waals surface area (Å²) in [7, 11) is 0. The molecule has 0 aliphatic carbocycles. The summed E-state index contributed by atoms with van der Waals surface area (Å²) in [6.07, 6.45) is 1.70. The van der Waals surface area contributed by atoms with Gasteiger partial charge in [0.25, 0.3) is 0 Å². The van der Waals surface area contributed by atoms with Gasteiger partial charge in [-0.05, 0) is 20.8 Å². The zero-order valence-corrected chi connectivity index (χ0v) is 8.10. The summed E-state index contributed by atoms with van der Waals surface area (Å²) in [4.78, 5) is 15.9. The smallest absolute Gasteiger partial charge is 0.316 e. The molecule has 1 aromatic heterocycles. The number of hydrogen-bond donors (Lipinski definition) is 1. The summed E-state index contributed by atoms with van der Waals surface area (Å²) in [6.45, 7) is 5.24. The van der Waals surface area contributed by atoms with Crippen molar-refractivity contribution in [3.05, 3.63) is 16.1 Å². The van der Waals surface area contributed by atoms with Gasteiger partial charge in [-0.15, -0.1) is 11.3 Å². The lowest BCUT2D eigenvalue weighted by molar-refractivity contribution is -0.142. The van der Waals surface area contributed by atoms with Crippen molar-refractivity contribution < 1.29 is 9.90 Å². The number of hydrogen-bond acceptors (Lipinski definition) is 3. The molecule has 0 aliphatic rings. The monoisotopic (exact) mass is 185 g/mol. The third-order valence-electron chi connectivity index (χ3n) is 1.69. The molecule has 0 fully saturated rings. The van der Waals surface area contributed by atoms with Crippen molar-refractivity contribution in [1.29, 1.82) is 0 Å². The Hall–Kier alpha value is -0.900. The molecule has 0 bridgehead atoms. The van der Waals surface area contributed by atoms with Crippen LogP contribution in [-0.4, -0.2) is 16.1 Å². The molecule has 1 rings (SSSR count). The molecule has 0 aliphatic heterocycles. The minimum atomic E-state index is -0.862. The van der Waals surface area contributed by atoms with Gasteiger partial charge in [0.1, 0.15) is 10.4 Å². The number of carbonyl (C=O) groups is 1. The second-order valence-corrected chi connectivity index (χ2v) is 4.44. The largest absolute Gasteiger partial charge is 0.481 e. The van der Waals surface area contributed by atoms with Crippen molar-refractivity contribution in [3.63, 3.8) is 0 Å². The first kappa shape index (κ1) is 9.19. The predicted octanol–water partition coefficient (Wildman–Crippen LogP) is 1.81. The van der Waals surface area contributed by atoms with Crippen molar-refractivity contribution in [3.8, 4) is 0 Å². The van der Waals surface area contributed by atoms with E-state index in [4.69, 9.17) is 5.11 Å². The van der Waals surface area contributed by atoms with Crippen molar-refractivity contribution in [2.75, 3.05) is 0 Å². The van der Waals surface area contributed by atoms with Crippen LogP contribution in [-0.2, 0) is 10.2 Å². The average Bonchev–Trinajstić information content (AvgIpc) is 2.35. The van der Waals surface area contributed by atoms with E-state index in [0.717, 1.165) is 4.88 Å². The molecule has 1 heterocycles. The average molecular weight is 185 g/mol. The number of aryl methyl sites for hydroxylation is 1. The van der Waals surface area contributed by atoms with Crippen molar-refractivity contribution in [2.24, 2.45) is 0 Å². The molecule has 1 N–H and O–H groups in total. The maximum absolute atomic E-state index is 10.8. The normalized spacial score (nSPS) is 11.6. The molecule has 0 spiro atoms. The summed E-state index contributed by atoms with van der Waals surface area (Å²) in [6, 6.07) is 0. The first-order valence-corrected chi connectivity index (χ1v) is 4.42. The highest BCUT2D eigenvalue weighted by molar-refractivity contribution is 7.11. The van der Waals surface area contributed by atoms with E-state index in [9.17, 15) is 4.79 Å². The zero-order valence-electron chi connectivity index (χ0n) is 7.29. The second-order valence-electron chi connectivity index (χ2n) is 3.21. The quantitative estimate of drug-likeness (QED) is 0.764. The van der Waals surface area contributed by atoms with Crippen LogP contribution < -0.4 is 0 Å². The third-order valence-corrected chi connectivity index (χ3v) is 2.93. The van der Waals surface area contributed by atoms with E-state index in [1.54, 1.807) is 20.0 Å². The molecule has 3 nitrogen and oxygen atoms in total. The SMILES string of the molecule is Cc1cnc(C(C)(C)C(=O)O)s1. The fraction of sp³-hybridized carbons (Fsp3) is 0.500. The Bertz CT molecular complexity index is 304. The molecule has 0 atom stereocenters. The lowest BCUT2D eigenvalue weighted by Gasteiger charge is -2.14. The number of rotatable bonds is 2. The molecular formula is C8H11NO2S. The van der Waals surface area contributed by atoms with Gasteiger partial charge in [-0.3, -0.25) is 4.79 Å². The molecule has 66 valence electrons. The Morgan fingerprint density at radius 1 is 1.67 bits per heavy atom. The summed E-state index contributed by atoms with van der Waals surface area (Å²) < 4.78 is 0. The molecule has 0 saturated heterocycles. The van der Waals surface area contributed by atoms with Gasteiger partial charge in [-0.1, -0.05) is 0 Å². The molecule has 1 aromatic rings. The summed E-state index contributed by atoms with van der Waals surface area (Å²) >= 11 is 1.43. The molecular weight excluding hydrogens is 174 g/mol. The Morgan fingerprint density at radius 3 is 2.58 bits per heavy atom. The number of nitrogens with zero attached hydrogens (tertiary/aromatic N) is 1. The minimum absolute atomic E-state index is 0.660. The van der Waals surface area contributed by atoms with Crippen molar-refractivity contribution in [1.82, 2.24) is 4.98 Å². The van der Waals surface area contributed by atoms with Gasteiger partial charge in [0.15, 0.2) is 0 Å². The first-order chi connectivity index (χ1) is 5.44. The lowest BCUT2D eigenvalue weighted by atomic mass is 9.95. The van der Waals surface area contributed by atoms with Crippen LogP contribution in [0.2, 0.25) is 0 Å². The van der Waals surface area contributed by atoms with E-state index in [1.807, 2.05) is 6.92 Å². The van der Waals surface area contributed by atoms with Crippen LogP contribution in [0, 0.1) is 6.92 Å². The Balaban J connectivity index is 3.05. The Kier molecular flexibility index (Phi) is 2.19. The van der Waals surface area contributed by atoms with Crippen LogP contribution >= 0.6 is 11.3 Å².